The molecule has 0 saturated carbocycles. The summed E-state index contributed by atoms with van der Waals surface area (Å²) < 4.78 is 42.4. The van der Waals surface area contributed by atoms with E-state index in [1.807, 2.05) is 0 Å². The van der Waals surface area contributed by atoms with Crippen molar-refractivity contribution in [3.05, 3.63) is 41.8 Å². The Balaban J connectivity index is 0.000000425. The van der Waals surface area contributed by atoms with Crippen LogP contribution in [0, 0.1) is 12.3 Å². The Kier molecular flexibility index (Phi) is 9.81. The summed E-state index contributed by atoms with van der Waals surface area (Å²) in [4.78, 5) is 0. The number of hydrogen-bond donors (Lipinski definition) is 0. The maximum absolute atomic E-state index is 10.3. The molecular formula is C17H21AlF3MnO2-. The smallest absolute Gasteiger partial charge is 0.306 e. The predicted molar refractivity (Wildman–Crippen MR) is 83.3 cm³/mol. The molecular weight excluding hydrogens is 375 g/mol. The molecule has 3 radical (unpaired) electrons. The fourth-order valence-corrected chi connectivity index (χ4v) is 2.81. The molecule has 1 fully saturated rings. The average Bonchev–Trinajstić information content (AvgIpc) is 2.52. The van der Waals surface area contributed by atoms with Crippen molar-refractivity contribution in [2.24, 2.45) is 5.92 Å². The van der Waals surface area contributed by atoms with Crippen LogP contribution in [0.2, 0.25) is 0 Å². The summed E-state index contributed by atoms with van der Waals surface area (Å²) in [6, 6.07) is 8.64. The van der Waals surface area contributed by atoms with Gasteiger partial charge >= 0.3 is 16.3 Å². The molecule has 0 aromatic heterocycles. The van der Waals surface area contributed by atoms with Gasteiger partial charge in [0.15, 0.2) is 0 Å². The molecule has 24 heavy (non-hydrogen) atoms. The van der Waals surface area contributed by atoms with Crippen LogP contribution in [0.5, 0.6) is 0 Å². The molecule has 1 aliphatic heterocycles. The minimum Gasteiger partial charge on any atom is -0.386 e. The van der Waals surface area contributed by atoms with Crippen molar-refractivity contribution >= 4 is 16.3 Å². The Hall–Kier alpha value is -0.148. The van der Waals surface area contributed by atoms with Crippen LogP contribution in [0.15, 0.2) is 24.3 Å². The van der Waals surface area contributed by atoms with Crippen molar-refractivity contribution in [1.29, 1.82) is 0 Å². The standard InChI is InChI=1S/C16H21O2.CF3.Al.Mn/c1-2-4-15-11-16(6-5-14(15)3-1)18-12-13-7-9-17-10-8-13;2-1(3)4;;/h1-4,11,13,16H,5-10,12H2;;;/q-1;;;. The Morgan fingerprint density at radius 3 is 2.46 bits per heavy atom. The van der Waals surface area contributed by atoms with Gasteiger partial charge in [-0.25, -0.2) is 0 Å². The average molecular weight is 396 g/mol. The number of fused-ring (bicyclic) bond motifs is 1. The topological polar surface area (TPSA) is 18.5 Å². The maximum Gasteiger partial charge on any atom is 0.306 e. The summed E-state index contributed by atoms with van der Waals surface area (Å²) in [5, 5.41) is -4.08. The molecule has 133 valence electrons. The number of alkyl halides is 3. The van der Waals surface area contributed by atoms with E-state index in [-0.39, 0.29) is 17.1 Å². The molecule has 2 aliphatic rings. The SMILES string of the molecule is F[C](F)(F)[Al].[Mn].c1ccc2c(c1)[CH-]C(OCC1CCOCC1)CC2. The van der Waals surface area contributed by atoms with Crippen molar-refractivity contribution in [3.8, 4) is 0 Å². The molecule has 0 amide bonds. The van der Waals surface area contributed by atoms with Gasteiger partial charge in [0.1, 0.15) is 0 Å². The van der Waals surface area contributed by atoms with Gasteiger partial charge < -0.3 is 9.47 Å². The van der Waals surface area contributed by atoms with Gasteiger partial charge in [0.25, 0.3) is 5.04 Å². The van der Waals surface area contributed by atoms with Crippen LogP contribution in [-0.2, 0) is 33.0 Å². The monoisotopic (exact) mass is 396 g/mol. The summed E-state index contributed by atoms with van der Waals surface area (Å²) in [6.07, 6.45) is 7.18. The Labute approximate surface area is 160 Å². The predicted octanol–water partition coefficient (Wildman–Crippen LogP) is 3.67. The normalized spacial score (nSPS) is 20.7. The van der Waals surface area contributed by atoms with Gasteiger partial charge in [0.2, 0.25) is 0 Å². The number of hydrogen-bond acceptors (Lipinski definition) is 2. The van der Waals surface area contributed by atoms with E-state index in [9.17, 15) is 13.2 Å². The van der Waals surface area contributed by atoms with Gasteiger partial charge in [0, 0.05) is 43.0 Å². The number of aryl methyl sites for hydroxylation is 1. The molecule has 3 rings (SSSR count). The van der Waals surface area contributed by atoms with Gasteiger partial charge in [-0.2, -0.15) is 31.2 Å². The zero-order valence-electron chi connectivity index (χ0n) is 13.4. The summed E-state index contributed by atoms with van der Waals surface area (Å²) >= 11 is 0.715. The van der Waals surface area contributed by atoms with Gasteiger partial charge in [-0.1, -0.05) is 12.5 Å². The van der Waals surface area contributed by atoms with Gasteiger partial charge in [0.05, 0.1) is 0 Å². The van der Waals surface area contributed by atoms with E-state index in [1.165, 1.54) is 11.1 Å². The van der Waals surface area contributed by atoms with E-state index < -0.39 is 5.04 Å². The summed E-state index contributed by atoms with van der Waals surface area (Å²) in [6.45, 7) is 2.71. The van der Waals surface area contributed by atoms with Gasteiger partial charge in [-0.3, -0.25) is 0 Å². The molecule has 1 aromatic rings. The molecule has 0 spiro atoms. The van der Waals surface area contributed by atoms with Crippen LogP contribution in [0.25, 0.3) is 0 Å². The first kappa shape index (κ1) is 21.9. The van der Waals surface area contributed by atoms with E-state index in [2.05, 4.69) is 30.7 Å². The van der Waals surface area contributed by atoms with Gasteiger partial charge in [-0.15, -0.1) is 17.7 Å². The molecule has 1 aromatic carbocycles. The van der Waals surface area contributed by atoms with Crippen molar-refractivity contribution in [3.63, 3.8) is 0 Å². The van der Waals surface area contributed by atoms with Crippen LogP contribution in [0.3, 0.4) is 0 Å². The zero-order chi connectivity index (χ0) is 16.7. The molecule has 1 aliphatic carbocycles. The van der Waals surface area contributed by atoms with Crippen LogP contribution < -0.4 is 0 Å². The first-order chi connectivity index (χ1) is 10.9. The second-order valence-electron chi connectivity index (χ2n) is 5.87. The van der Waals surface area contributed by atoms with E-state index in [0.29, 0.717) is 28.3 Å². The van der Waals surface area contributed by atoms with Gasteiger partial charge in [-0.05, 0) is 25.2 Å². The minimum atomic E-state index is -4.08. The zero-order valence-corrected chi connectivity index (χ0v) is 15.7. The third kappa shape index (κ3) is 8.80. The van der Waals surface area contributed by atoms with Crippen molar-refractivity contribution in [1.82, 2.24) is 0 Å². The van der Waals surface area contributed by atoms with Crippen molar-refractivity contribution < 1.29 is 39.7 Å². The maximum atomic E-state index is 10.3. The largest absolute Gasteiger partial charge is 0.386 e. The molecule has 1 unspecified atom stereocenters. The summed E-state index contributed by atoms with van der Waals surface area (Å²) in [7, 11) is 0. The van der Waals surface area contributed by atoms with Crippen molar-refractivity contribution in [2.75, 3.05) is 19.8 Å². The first-order valence-electron chi connectivity index (χ1n) is 7.89. The van der Waals surface area contributed by atoms with Crippen LogP contribution in [-0.4, -0.2) is 47.3 Å². The fraction of sp³-hybridized carbons (Fsp3) is 0.588. The van der Waals surface area contributed by atoms with Crippen molar-refractivity contribution in [2.45, 2.75) is 36.8 Å². The molecule has 7 heteroatoms. The number of rotatable bonds is 3. The molecule has 1 heterocycles. The number of ether oxygens (including phenoxy) is 2. The molecule has 0 bridgehead atoms. The van der Waals surface area contributed by atoms with Crippen LogP contribution in [0.1, 0.15) is 30.4 Å². The summed E-state index contributed by atoms with van der Waals surface area (Å²) in [5.74, 6) is 0.698. The third-order valence-electron chi connectivity index (χ3n) is 4.01. The van der Waals surface area contributed by atoms with E-state index in [1.54, 1.807) is 0 Å². The molecule has 1 atom stereocenters. The van der Waals surface area contributed by atoms with E-state index >= 15 is 0 Å². The second-order valence-corrected chi connectivity index (χ2v) is 6.53. The van der Waals surface area contributed by atoms with E-state index in [0.717, 1.165) is 45.5 Å². The molecule has 2 nitrogen and oxygen atoms in total. The van der Waals surface area contributed by atoms with Crippen LogP contribution >= 0.6 is 0 Å². The third-order valence-corrected chi connectivity index (χ3v) is 4.01. The minimum absolute atomic E-state index is 0. The Morgan fingerprint density at radius 1 is 1.17 bits per heavy atom. The van der Waals surface area contributed by atoms with Crippen LogP contribution in [0.4, 0.5) is 13.2 Å². The summed E-state index contributed by atoms with van der Waals surface area (Å²) in [5.41, 5.74) is 2.82. The Bertz CT molecular complexity index is 473. The Morgan fingerprint density at radius 2 is 1.79 bits per heavy atom. The molecule has 1 saturated heterocycles. The second kappa shape index (κ2) is 10.8. The number of halogens is 3. The fourth-order valence-electron chi connectivity index (χ4n) is 2.81. The first-order valence-corrected chi connectivity index (χ1v) is 8.47. The molecule has 0 N–H and O–H groups in total. The van der Waals surface area contributed by atoms with E-state index in [4.69, 9.17) is 9.47 Å². The quantitative estimate of drug-likeness (QED) is 0.574. The number of benzene rings is 1.